The summed E-state index contributed by atoms with van der Waals surface area (Å²) in [7, 11) is 0. The van der Waals surface area contributed by atoms with Gasteiger partial charge in [0.1, 0.15) is 11.3 Å². The van der Waals surface area contributed by atoms with E-state index in [4.69, 9.17) is 4.42 Å². The Morgan fingerprint density at radius 3 is 3.08 bits per heavy atom. The highest BCUT2D eigenvalue weighted by atomic mass is 16.3. The van der Waals surface area contributed by atoms with Crippen LogP contribution in [0.5, 0.6) is 0 Å². The molecule has 12 heavy (non-hydrogen) atoms. The van der Waals surface area contributed by atoms with Gasteiger partial charge in [0.05, 0.1) is 12.4 Å². The number of hydrogen-bond acceptors (Lipinski definition) is 3. The number of hydrogen-bond donors (Lipinski definition) is 2. The van der Waals surface area contributed by atoms with Crippen LogP contribution in [0.3, 0.4) is 0 Å². The van der Waals surface area contributed by atoms with E-state index < -0.39 is 0 Å². The van der Waals surface area contributed by atoms with Gasteiger partial charge in [0.15, 0.2) is 0 Å². The van der Waals surface area contributed by atoms with Crippen LogP contribution in [-0.2, 0) is 5.54 Å². The van der Waals surface area contributed by atoms with Crippen LogP contribution in [-0.4, -0.2) is 17.8 Å². The summed E-state index contributed by atoms with van der Waals surface area (Å²) in [4.78, 5) is 0. The van der Waals surface area contributed by atoms with E-state index in [0.29, 0.717) is 0 Å². The van der Waals surface area contributed by atoms with Gasteiger partial charge in [-0.2, -0.15) is 0 Å². The second kappa shape index (κ2) is 2.61. The number of nitrogens with one attached hydrogen (secondary N) is 1. The van der Waals surface area contributed by atoms with Gasteiger partial charge in [-0.1, -0.05) is 0 Å². The molecule has 0 bridgehead atoms. The van der Waals surface area contributed by atoms with Crippen LogP contribution in [0.2, 0.25) is 0 Å². The molecule has 0 spiro atoms. The molecule has 1 aromatic heterocycles. The minimum Gasteiger partial charge on any atom is -0.467 e. The van der Waals surface area contributed by atoms with Gasteiger partial charge in [0.2, 0.25) is 0 Å². The van der Waals surface area contributed by atoms with E-state index >= 15 is 0 Å². The standard InChI is InChI=1S/C9H13NO2/c1-9(7(11)4-5-10-9)8-3-2-6-12-8/h2-3,6-7,10-11H,4-5H2,1H3. The predicted octanol–water partition coefficient (Wildman–Crippen LogP) is 0.849. The van der Waals surface area contributed by atoms with E-state index in [2.05, 4.69) is 5.32 Å². The summed E-state index contributed by atoms with van der Waals surface area (Å²) in [5, 5.41) is 12.9. The largest absolute Gasteiger partial charge is 0.467 e. The molecule has 3 heteroatoms. The lowest BCUT2D eigenvalue weighted by atomic mass is 9.94. The molecule has 0 aromatic carbocycles. The third kappa shape index (κ3) is 0.974. The van der Waals surface area contributed by atoms with Gasteiger partial charge in [0, 0.05) is 0 Å². The van der Waals surface area contributed by atoms with E-state index in [1.54, 1.807) is 6.26 Å². The molecule has 0 amide bonds. The van der Waals surface area contributed by atoms with Gasteiger partial charge in [-0.25, -0.2) is 0 Å². The van der Waals surface area contributed by atoms with E-state index in [1.807, 2.05) is 19.1 Å². The Labute approximate surface area is 71.4 Å². The maximum Gasteiger partial charge on any atom is 0.126 e. The molecule has 2 unspecified atom stereocenters. The Balaban J connectivity index is 2.32. The molecular formula is C9H13NO2. The van der Waals surface area contributed by atoms with Crippen molar-refractivity contribution in [3.05, 3.63) is 24.2 Å². The summed E-state index contributed by atoms with van der Waals surface area (Å²) in [5.41, 5.74) is -0.385. The Morgan fingerprint density at radius 2 is 2.58 bits per heavy atom. The quantitative estimate of drug-likeness (QED) is 0.651. The fourth-order valence-electron chi connectivity index (χ4n) is 1.70. The lowest BCUT2D eigenvalue weighted by Gasteiger charge is -2.25. The van der Waals surface area contributed by atoms with Crippen molar-refractivity contribution in [2.75, 3.05) is 6.54 Å². The third-order valence-corrected chi connectivity index (χ3v) is 2.61. The molecule has 2 rings (SSSR count). The third-order valence-electron chi connectivity index (χ3n) is 2.61. The monoisotopic (exact) mass is 167 g/mol. The first-order valence-corrected chi connectivity index (χ1v) is 4.20. The van der Waals surface area contributed by atoms with Gasteiger partial charge in [-0.05, 0) is 32.0 Å². The number of aliphatic hydroxyl groups excluding tert-OH is 1. The van der Waals surface area contributed by atoms with Gasteiger partial charge in [-0.3, -0.25) is 0 Å². The molecule has 3 nitrogen and oxygen atoms in total. The second-order valence-corrected chi connectivity index (χ2v) is 3.41. The van der Waals surface area contributed by atoms with Crippen LogP contribution < -0.4 is 5.32 Å². The molecule has 2 N–H and O–H groups in total. The van der Waals surface area contributed by atoms with Crippen molar-refractivity contribution in [2.45, 2.75) is 25.0 Å². The molecule has 1 aliphatic rings. The van der Waals surface area contributed by atoms with Crippen molar-refractivity contribution < 1.29 is 9.52 Å². The summed E-state index contributed by atoms with van der Waals surface area (Å²) in [5.74, 6) is 0.813. The maximum absolute atomic E-state index is 9.70. The Hall–Kier alpha value is -0.800. The van der Waals surface area contributed by atoms with Crippen LogP contribution in [0.1, 0.15) is 19.1 Å². The number of aliphatic hydroxyl groups is 1. The summed E-state index contributed by atoms with van der Waals surface area (Å²) in [6.07, 6.45) is 2.08. The molecule has 1 aromatic rings. The Bertz CT molecular complexity index is 258. The SMILES string of the molecule is CC1(c2ccco2)NCCC1O. The van der Waals surface area contributed by atoms with E-state index in [9.17, 15) is 5.11 Å². The fraction of sp³-hybridized carbons (Fsp3) is 0.556. The number of furan rings is 1. The topological polar surface area (TPSA) is 45.4 Å². The zero-order chi connectivity index (χ0) is 8.60. The highest BCUT2D eigenvalue weighted by molar-refractivity contribution is 5.16. The molecule has 0 aliphatic carbocycles. The molecule has 2 heterocycles. The summed E-state index contributed by atoms with van der Waals surface area (Å²) in [6, 6.07) is 3.73. The predicted molar refractivity (Wildman–Crippen MR) is 44.7 cm³/mol. The van der Waals surface area contributed by atoms with Crippen molar-refractivity contribution in [2.24, 2.45) is 0 Å². The first kappa shape index (κ1) is 7.83. The van der Waals surface area contributed by atoms with Gasteiger partial charge >= 0.3 is 0 Å². The fourth-order valence-corrected chi connectivity index (χ4v) is 1.70. The van der Waals surface area contributed by atoms with E-state index in [-0.39, 0.29) is 11.6 Å². The highest BCUT2D eigenvalue weighted by Gasteiger charge is 2.40. The zero-order valence-corrected chi connectivity index (χ0v) is 7.08. The van der Waals surface area contributed by atoms with Crippen LogP contribution in [0.25, 0.3) is 0 Å². The van der Waals surface area contributed by atoms with Crippen molar-refractivity contribution in [3.63, 3.8) is 0 Å². The van der Waals surface area contributed by atoms with Gasteiger partial charge < -0.3 is 14.8 Å². The van der Waals surface area contributed by atoms with Crippen LogP contribution in [0.4, 0.5) is 0 Å². The average molecular weight is 167 g/mol. The lowest BCUT2D eigenvalue weighted by molar-refractivity contribution is 0.0928. The van der Waals surface area contributed by atoms with Crippen molar-refractivity contribution in [1.29, 1.82) is 0 Å². The van der Waals surface area contributed by atoms with Gasteiger partial charge in [-0.15, -0.1) is 0 Å². The van der Waals surface area contributed by atoms with Crippen LogP contribution in [0.15, 0.2) is 22.8 Å². The Kier molecular flexibility index (Phi) is 1.70. The maximum atomic E-state index is 9.70. The Morgan fingerprint density at radius 1 is 1.75 bits per heavy atom. The minimum atomic E-state index is -0.385. The zero-order valence-electron chi connectivity index (χ0n) is 7.08. The van der Waals surface area contributed by atoms with Crippen molar-refractivity contribution in [3.8, 4) is 0 Å². The van der Waals surface area contributed by atoms with Crippen molar-refractivity contribution in [1.82, 2.24) is 5.32 Å². The minimum absolute atomic E-state index is 0.344. The average Bonchev–Trinajstić information content (AvgIpc) is 2.62. The lowest BCUT2D eigenvalue weighted by Crippen LogP contribution is -2.41. The molecule has 1 saturated heterocycles. The number of rotatable bonds is 1. The smallest absolute Gasteiger partial charge is 0.126 e. The van der Waals surface area contributed by atoms with Gasteiger partial charge in [0.25, 0.3) is 0 Å². The molecule has 66 valence electrons. The first-order valence-electron chi connectivity index (χ1n) is 4.20. The van der Waals surface area contributed by atoms with E-state index in [0.717, 1.165) is 18.7 Å². The summed E-state index contributed by atoms with van der Waals surface area (Å²) < 4.78 is 5.27. The summed E-state index contributed by atoms with van der Waals surface area (Å²) in [6.45, 7) is 2.81. The molecule has 1 aliphatic heterocycles. The van der Waals surface area contributed by atoms with Crippen LogP contribution in [0, 0.1) is 0 Å². The molecule has 0 saturated carbocycles. The normalized spacial score (nSPS) is 35.7. The highest BCUT2D eigenvalue weighted by Crippen LogP contribution is 2.30. The molecule has 2 atom stereocenters. The van der Waals surface area contributed by atoms with Crippen molar-refractivity contribution >= 4 is 0 Å². The molecule has 1 fully saturated rings. The molecular weight excluding hydrogens is 154 g/mol. The summed E-state index contributed by atoms with van der Waals surface area (Å²) >= 11 is 0. The first-order chi connectivity index (χ1) is 5.73. The second-order valence-electron chi connectivity index (χ2n) is 3.41. The van der Waals surface area contributed by atoms with E-state index in [1.165, 1.54) is 0 Å². The van der Waals surface area contributed by atoms with Crippen LogP contribution >= 0.6 is 0 Å². The molecule has 0 radical (unpaired) electrons.